The first kappa shape index (κ1) is 15.1. The average molecular weight is 296 g/mol. The van der Waals surface area contributed by atoms with Gasteiger partial charge in [0.2, 0.25) is 0 Å². The second kappa shape index (κ2) is 5.43. The fourth-order valence-electron chi connectivity index (χ4n) is 3.86. The quantitative estimate of drug-likeness (QED) is 0.837. The van der Waals surface area contributed by atoms with Crippen LogP contribution in [-0.4, -0.2) is 42.5 Å². The highest BCUT2D eigenvalue weighted by Gasteiger charge is 2.55. The van der Waals surface area contributed by atoms with Gasteiger partial charge in [-0.1, -0.05) is 6.92 Å². The highest BCUT2D eigenvalue weighted by Crippen LogP contribution is 2.40. The SMILES string of the molecule is CC1CC(NC2C(NC(=O)OC(C)(C)C)C3CCOC32)C1. The molecule has 4 unspecified atom stereocenters. The minimum absolute atomic E-state index is 0.142. The predicted octanol–water partition coefficient (Wildman–Crippen LogP) is 2.06. The number of carbonyl (C=O) groups excluding carboxylic acids is 1. The molecule has 1 amide bonds. The summed E-state index contributed by atoms with van der Waals surface area (Å²) in [6, 6.07) is 0.962. The first-order chi connectivity index (χ1) is 9.83. The number of nitrogens with one attached hydrogen (secondary N) is 2. The summed E-state index contributed by atoms with van der Waals surface area (Å²) in [6.07, 6.45) is 3.44. The third-order valence-corrected chi connectivity index (χ3v) is 4.87. The summed E-state index contributed by atoms with van der Waals surface area (Å²) in [6.45, 7) is 8.76. The van der Waals surface area contributed by atoms with Crippen LogP contribution in [0.4, 0.5) is 4.79 Å². The number of alkyl carbamates (subject to hydrolysis) is 1. The lowest BCUT2D eigenvalue weighted by Crippen LogP contribution is -2.72. The summed E-state index contributed by atoms with van der Waals surface area (Å²) in [5, 5.41) is 6.73. The molecule has 5 heteroatoms. The van der Waals surface area contributed by atoms with Crippen molar-refractivity contribution >= 4 is 6.09 Å². The van der Waals surface area contributed by atoms with Gasteiger partial charge >= 0.3 is 6.09 Å². The minimum Gasteiger partial charge on any atom is -0.444 e. The Bertz CT molecular complexity index is 401. The van der Waals surface area contributed by atoms with Crippen LogP contribution in [0.1, 0.15) is 47.0 Å². The van der Waals surface area contributed by atoms with Crippen molar-refractivity contribution in [2.45, 2.75) is 76.8 Å². The molecule has 1 saturated heterocycles. The molecule has 0 aromatic rings. The van der Waals surface area contributed by atoms with Gasteiger partial charge in [0.25, 0.3) is 0 Å². The summed E-state index contributed by atoms with van der Waals surface area (Å²) in [5.41, 5.74) is -0.453. The van der Waals surface area contributed by atoms with Gasteiger partial charge in [-0.05, 0) is 46.0 Å². The molecule has 1 aliphatic heterocycles. The Balaban J connectivity index is 1.55. The van der Waals surface area contributed by atoms with Crippen molar-refractivity contribution in [2.75, 3.05) is 6.61 Å². The summed E-state index contributed by atoms with van der Waals surface area (Å²) in [7, 11) is 0. The molecule has 21 heavy (non-hydrogen) atoms. The van der Waals surface area contributed by atoms with Gasteiger partial charge in [-0.25, -0.2) is 4.79 Å². The minimum atomic E-state index is -0.453. The molecule has 3 aliphatic rings. The number of hydrogen-bond donors (Lipinski definition) is 2. The van der Waals surface area contributed by atoms with Gasteiger partial charge in [0.15, 0.2) is 0 Å². The van der Waals surface area contributed by atoms with Crippen molar-refractivity contribution in [3.05, 3.63) is 0 Å². The first-order valence-corrected chi connectivity index (χ1v) is 8.20. The highest BCUT2D eigenvalue weighted by molar-refractivity contribution is 5.68. The van der Waals surface area contributed by atoms with Gasteiger partial charge in [0, 0.05) is 18.6 Å². The fourth-order valence-corrected chi connectivity index (χ4v) is 3.86. The summed E-state index contributed by atoms with van der Waals surface area (Å²) in [5.74, 6) is 1.26. The van der Waals surface area contributed by atoms with E-state index < -0.39 is 5.60 Å². The van der Waals surface area contributed by atoms with Gasteiger partial charge in [0.1, 0.15) is 5.60 Å². The Morgan fingerprint density at radius 3 is 2.57 bits per heavy atom. The Morgan fingerprint density at radius 2 is 1.95 bits per heavy atom. The smallest absolute Gasteiger partial charge is 0.407 e. The van der Waals surface area contributed by atoms with Crippen LogP contribution in [0.2, 0.25) is 0 Å². The second-order valence-electron chi connectivity index (χ2n) is 7.93. The molecule has 0 radical (unpaired) electrons. The van der Waals surface area contributed by atoms with Crippen molar-refractivity contribution in [2.24, 2.45) is 11.8 Å². The molecular formula is C16H28N2O3. The van der Waals surface area contributed by atoms with Crippen LogP contribution in [0.15, 0.2) is 0 Å². The predicted molar refractivity (Wildman–Crippen MR) is 80.1 cm³/mol. The molecule has 3 fully saturated rings. The van der Waals surface area contributed by atoms with Gasteiger partial charge in [0.05, 0.1) is 18.2 Å². The molecular weight excluding hydrogens is 268 g/mol. The molecule has 0 bridgehead atoms. The van der Waals surface area contributed by atoms with Gasteiger partial charge in [-0.3, -0.25) is 0 Å². The molecule has 1 heterocycles. The first-order valence-electron chi connectivity index (χ1n) is 8.20. The summed E-state index contributed by atoms with van der Waals surface area (Å²) >= 11 is 0. The number of ether oxygens (including phenoxy) is 2. The Kier molecular flexibility index (Phi) is 3.91. The third-order valence-electron chi connectivity index (χ3n) is 4.87. The van der Waals surface area contributed by atoms with E-state index in [1.54, 1.807) is 0 Å². The van der Waals surface area contributed by atoms with Crippen molar-refractivity contribution < 1.29 is 14.3 Å². The molecule has 0 aromatic carbocycles. The zero-order valence-electron chi connectivity index (χ0n) is 13.5. The van der Waals surface area contributed by atoms with E-state index in [-0.39, 0.29) is 24.3 Å². The largest absolute Gasteiger partial charge is 0.444 e. The van der Waals surface area contributed by atoms with Crippen LogP contribution >= 0.6 is 0 Å². The van der Waals surface area contributed by atoms with Crippen molar-refractivity contribution in [3.63, 3.8) is 0 Å². The van der Waals surface area contributed by atoms with E-state index in [9.17, 15) is 4.79 Å². The van der Waals surface area contributed by atoms with E-state index in [2.05, 4.69) is 17.6 Å². The topological polar surface area (TPSA) is 59.6 Å². The lowest BCUT2D eigenvalue weighted by Gasteiger charge is -2.51. The number of fused-ring (bicyclic) bond motifs is 1. The lowest BCUT2D eigenvalue weighted by atomic mass is 9.70. The van der Waals surface area contributed by atoms with Crippen molar-refractivity contribution in [1.82, 2.24) is 10.6 Å². The third kappa shape index (κ3) is 3.19. The van der Waals surface area contributed by atoms with Crippen LogP contribution in [0.25, 0.3) is 0 Å². The van der Waals surface area contributed by atoms with Crippen LogP contribution < -0.4 is 10.6 Å². The average Bonchev–Trinajstić information content (AvgIpc) is 2.72. The maximum Gasteiger partial charge on any atom is 0.407 e. The molecule has 3 rings (SSSR count). The molecule has 4 atom stereocenters. The zero-order valence-corrected chi connectivity index (χ0v) is 13.5. The zero-order chi connectivity index (χ0) is 15.2. The fraction of sp³-hybridized carbons (Fsp3) is 0.938. The van der Waals surface area contributed by atoms with Gasteiger partial charge in [-0.15, -0.1) is 0 Å². The maximum atomic E-state index is 12.0. The van der Waals surface area contributed by atoms with Crippen LogP contribution in [0, 0.1) is 11.8 Å². The highest BCUT2D eigenvalue weighted by atomic mass is 16.6. The molecule has 2 N–H and O–H groups in total. The van der Waals surface area contributed by atoms with Crippen LogP contribution in [0.3, 0.4) is 0 Å². The summed E-state index contributed by atoms with van der Waals surface area (Å²) in [4.78, 5) is 12.0. The number of amides is 1. The standard InChI is InChI=1S/C16H28N2O3/c1-9-7-10(8-9)17-13-12(11-5-6-20-14(11)13)18-15(19)21-16(2,3)4/h9-14,17H,5-8H2,1-4H3,(H,18,19). The van der Waals surface area contributed by atoms with E-state index in [0.717, 1.165) is 18.9 Å². The maximum absolute atomic E-state index is 12.0. The Morgan fingerprint density at radius 1 is 1.24 bits per heavy atom. The second-order valence-corrected chi connectivity index (χ2v) is 7.93. The van der Waals surface area contributed by atoms with Crippen molar-refractivity contribution in [3.8, 4) is 0 Å². The van der Waals surface area contributed by atoms with E-state index >= 15 is 0 Å². The molecule has 5 nitrogen and oxygen atoms in total. The lowest BCUT2D eigenvalue weighted by molar-refractivity contribution is -0.0432. The number of carbonyl (C=O) groups is 1. The van der Waals surface area contributed by atoms with E-state index in [1.807, 2.05) is 20.8 Å². The molecule has 0 aromatic heterocycles. The monoisotopic (exact) mass is 296 g/mol. The normalized spacial score (nSPS) is 41.7. The van der Waals surface area contributed by atoms with Gasteiger partial charge in [-0.2, -0.15) is 0 Å². The molecule has 120 valence electrons. The Labute approximate surface area is 127 Å². The van der Waals surface area contributed by atoms with Crippen LogP contribution in [0.5, 0.6) is 0 Å². The van der Waals surface area contributed by atoms with Crippen molar-refractivity contribution in [1.29, 1.82) is 0 Å². The number of hydrogen-bond acceptors (Lipinski definition) is 4. The van der Waals surface area contributed by atoms with E-state index in [0.29, 0.717) is 12.0 Å². The molecule has 2 aliphatic carbocycles. The van der Waals surface area contributed by atoms with Crippen LogP contribution in [-0.2, 0) is 9.47 Å². The van der Waals surface area contributed by atoms with E-state index in [1.165, 1.54) is 12.8 Å². The Hall–Kier alpha value is -0.810. The van der Waals surface area contributed by atoms with E-state index in [4.69, 9.17) is 9.47 Å². The molecule has 0 spiro atoms. The van der Waals surface area contributed by atoms with Gasteiger partial charge < -0.3 is 20.1 Å². The summed E-state index contributed by atoms with van der Waals surface area (Å²) < 4.78 is 11.2. The molecule has 2 saturated carbocycles. The number of rotatable bonds is 3.